The Morgan fingerprint density at radius 1 is 1.40 bits per heavy atom. The first-order valence-electron chi connectivity index (χ1n) is 7.74. The number of aromatic nitrogens is 3. The largest absolute Gasteiger partial charge is 0.472 e. The van der Waals surface area contributed by atoms with Crippen LogP contribution in [0.5, 0.6) is 5.88 Å². The molecule has 1 aromatic carbocycles. The second-order valence-electron chi connectivity index (χ2n) is 5.35. The van der Waals surface area contributed by atoms with Crippen LogP contribution in [0.1, 0.15) is 15.9 Å². The number of allylic oxidation sites excluding steroid dienone is 1. The number of carbonyl (C=O) groups excluding carboxylic acids is 1. The number of aromatic amines is 1. The highest BCUT2D eigenvalue weighted by Gasteiger charge is 2.16. The van der Waals surface area contributed by atoms with E-state index in [9.17, 15) is 9.18 Å². The van der Waals surface area contributed by atoms with Crippen molar-refractivity contribution in [2.75, 3.05) is 13.6 Å². The number of nitrogens with zero attached hydrogens (tertiary/aromatic N) is 2. The average molecular weight is 340 g/mol. The van der Waals surface area contributed by atoms with Crippen LogP contribution < -0.4 is 10.1 Å². The Labute approximate surface area is 143 Å². The van der Waals surface area contributed by atoms with E-state index in [4.69, 9.17) is 4.74 Å². The van der Waals surface area contributed by atoms with Crippen LogP contribution >= 0.6 is 0 Å². The van der Waals surface area contributed by atoms with Gasteiger partial charge in [0, 0.05) is 12.7 Å². The van der Waals surface area contributed by atoms with Gasteiger partial charge in [0.15, 0.2) is 5.78 Å². The summed E-state index contributed by atoms with van der Waals surface area (Å²) in [6.45, 7) is 0.728. The second-order valence-corrected chi connectivity index (χ2v) is 5.35. The third-order valence-corrected chi connectivity index (χ3v) is 3.56. The van der Waals surface area contributed by atoms with Gasteiger partial charge in [-0.05, 0) is 30.8 Å². The molecule has 3 aromatic rings. The molecule has 0 spiro atoms. The molecule has 0 saturated heterocycles. The number of ether oxygens (including phenoxy) is 1. The number of ketones is 1. The van der Waals surface area contributed by atoms with Gasteiger partial charge in [-0.25, -0.2) is 14.4 Å². The molecule has 0 fully saturated rings. The van der Waals surface area contributed by atoms with Crippen molar-refractivity contribution in [2.45, 2.75) is 6.61 Å². The van der Waals surface area contributed by atoms with Gasteiger partial charge in [-0.1, -0.05) is 18.2 Å². The van der Waals surface area contributed by atoms with E-state index in [0.29, 0.717) is 28.7 Å². The Hall–Kier alpha value is -3.06. The lowest BCUT2D eigenvalue weighted by atomic mass is 10.1. The molecule has 128 valence electrons. The van der Waals surface area contributed by atoms with Crippen LogP contribution in [0.15, 0.2) is 48.9 Å². The van der Waals surface area contributed by atoms with Crippen molar-refractivity contribution in [3.63, 3.8) is 0 Å². The summed E-state index contributed by atoms with van der Waals surface area (Å²) >= 11 is 0. The van der Waals surface area contributed by atoms with Gasteiger partial charge in [0.1, 0.15) is 24.4 Å². The molecule has 2 heterocycles. The molecular formula is C18H17FN4O2. The standard InChI is InChI=1S/C18H17FN4O2/c1-20-7-3-6-15(24)14-9-21-17-16(14)18(23-11-22-17)25-10-12-4-2-5-13(19)8-12/h2-6,8-9,11,20H,7,10H2,1H3,(H,21,22,23). The molecule has 0 saturated carbocycles. The number of H-pyrrole nitrogens is 1. The molecule has 0 aliphatic heterocycles. The third-order valence-electron chi connectivity index (χ3n) is 3.56. The van der Waals surface area contributed by atoms with Gasteiger partial charge in [0.05, 0.1) is 10.9 Å². The molecule has 2 N–H and O–H groups in total. The molecule has 0 atom stereocenters. The summed E-state index contributed by atoms with van der Waals surface area (Å²) in [4.78, 5) is 23.6. The monoisotopic (exact) mass is 340 g/mol. The highest BCUT2D eigenvalue weighted by atomic mass is 19.1. The van der Waals surface area contributed by atoms with Gasteiger partial charge in [0.25, 0.3) is 0 Å². The van der Waals surface area contributed by atoms with Crippen molar-refractivity contribution in [1.29, 1.82) is 0 Å². The summed E-state index contributed by atoms with van der Waals surface area (Å²) in [6.07, 6.45) is 6.16. The van der Waals surface area contributed by atoms with E-state index in [1.54, 1.807) is 31.5 Å². The number of rotatable bonds is 7. The van der Waals surface area contributed by atoms with Crippen molar-refractivity contribution in [2.24, 2.45) is 0 Å². The zero-order valence-corrected chi connectivity index (χ0v) is 13.6. The Morgan fingerprint density at radius 2 is 2.28 bits per heavy atom. The van der Waals surface area contributed by atoms with E-state index in [2.05, 4.69) is 20.3 Å². The molecule has 0 bridgehead atoms. The Kier molecular flexibility index (Phi) is 5.15. The number of benzene rings is 1. The first kappa shape index (κ1) is 16.8. The van der Waals surface area contributed by atoms with E-state index in [-0.39, 0.29) is 24.1 Å². The van der Waals surface area contributed by atoms with Gasteiger partial charge in [0.2, 0.25) is 5.88 Å². The molecule has 3 rings (SSSR count). The molecule has 0 radical (unpaired) electrons. The smallest absolute Gasteiger partial charge is 0.227 e. The van der Waals surface area contributed by atoms with Crippen LogP contribution in [-0.4, -0.2) is 34.3 Å². The Morgan fingerprint density at radius 3 is 3.08 bits per heavy atom. The van der Waals surface area contributed by atoms with Crippen molar-refractivity contribution >= 4 is 16.8 Å². The van der Waals surface area contributed by atoms with Crippen LogP contribution in [0.2, 0.25) is 0 Å². The topological polar surface area (TPSA) is 79.9 Å². The van der Waals surface area contributed by atoms with E-state index in [0.717, 1.165) is 0 Å². The highest BCUT2D eigenvalue weighted by Crippen LogP contribution is 2.26. The van der Waals surface area contributed by atoms with Gasteiger partial charge in [-0.3, -0.25) is 4.79 Å². The fourth-order valence-electron chi connectivity index (χ4n) is 2.39. The number of nitrogens with one attached hydrogen (secondary N) is 2. The molecule has 25 heavy (non-hydrogen) atoms. The van der Waals surface area contributed by atoms with Crippen LogP contribution in [0.25, 0.3) is 11.0 Å². The summed E-state index contributed by atoms with van der Waals surface area (Å²) in [7, 11) is 1.80. The predicted octanol–water partition coefficient (Wildman–Crippen LogP) is 2.63. The predicted molar refractivity (Wildman–Crippen MR) is 92.0 cm³/mol. The van der Waals surface area contributed by atoms with Crippen LogP contribution in [-0.2, 0) is 6.61 Å². The number of halogens is 1. The molecule has 0 aliphatic carbocycles. The van der Waals surface area contributed by atoms with Gasteiger partial charge in [-0.2, -0.15) is 0 Å². The SMILES string of the molecule is CNCC=CC(=O)c1c[nH]c2ncnc(OCc3cccc(F)c3)c12. The number of likely N-dealkylation sites (N-methyl/N-ethyl adjacent to an activating group) is 1. The summed E-state index contributed by atoms with van der Waals surface area (Å²) < 4.78 is 19.0. The molecule has 7 heteroatoms. The first-order chi connectivity index (χ1) is 12.2. The fraction of sp³-hybridized carbons (Fsp3) is 0.167. The molecular weight excluding hydrogens is 323 g/mol. The summed E-state index contributed by atoms with van der Waals surface area (Å²) in [5, 5.41) is 3.45. The lowest BCUT2D eigenvalue weighted by molar-refractivity contribution is 0.104. The maximum Gasteiger partial charge on any atom is 0.227 e. The second kappa shape index (κ2) is 7.67. The quantitative estimate of drug-likeness (QED) is 0.510. The zero-order valence-electron chi connectivity index (χ0n) is 13.6. The number of hydrogen-bond acceptors (Lipinski definition) is 5. The van der Waals surface area contributed by atoms with Crippen LogP contribution in [0.4, 0.5) is 4.39 Å². The maximum absolute atomic E-state index is 13.3. The molecule has 6 nitrogen and oxygen atoms in total. The number of hydrogen-bond donors (Lipinski definition) is 2. The van der Waals surface area contributed by atoms with Gasteiger partial charge < -0.3 is 15.0 Å². The summed E-state index contributed by atoms with van der Waals surface area (Å²) in [5.74, 6) is -0.228. The van der Waals surface area contributed by atoms with Crippen LogP contribution in [0.3, 0.4) is 0 Å². The summed E-state index contributed by atoms with van der Waals surface area (Å²) in [5.41, 5.74) is 1.61. The van der Waals surface area contributed by atoms with Crippen molar-refractivity contribution in [1.82, 2.24) is 20.3 Å². The lowest BCUT2D eigenvalue weighted by Crippen LogP contribution is -2.05. The number of fused-ring (bicyclic) bond motifs is 1. The van der Waals surface area contributed by atoms with Crippen LogP contribution in [0, 0.1) is 5.82 Å². The normalized spacial score (nSPS) is 11.3. The average Bonchev–Trinajstić information content (AvgIpc) is 3.05. The first-order valence-corrected chi connectivity index (χ1v) is 7.74. The third kappa shape index (κ3) is 3.89. The van der Waals surface area contributed by atoms with Crippen molar-refractivity contribution in [3.8, 4) is 5.88 Å². The maximum atomic E-state index is 13.3. The minimum absolute atomic E-state index is 0.137. The van der Waals surface area contributed by atoms with Gasteiger partial charge >= 0.3 is 0 Å². The molecule has 0 unspecified atom stereocenters. The molecule has 2 aromatic heterocycles. The van der Waals surface area contributed by atoms with Crippen molar-refractivity contribution < 1.29 is 13.9 Å². The Bertz CT molecular complexity index is 920. The van der Waals surface area contributed by atoms with Gasteiger partial charge in [-0.15, -0.1) is 0 Å². The minimum atomic E-state index is -0.332. The van der Waals surface area contributed by atoms with E-state index in [1.165, 1.54) is 24.5 Å². The summed E-state index contributed by atoms with van der Waals surface area (Å²) in [6, 6.07) is 6.13. The molecule has 0 aliphatic rings. The lowest BCUT2D eigenvalue weighted by Gasteiger charge is -2.07. The highest BCUT2D eigenvalue weighted by molar-refractivity contribution is 6.13. The van der Waals surface area contributed by atoms with E-state index in [1.807, 2.05) is 0 Å². The van der Waals surface area contributed by atoms with E-state index < -0.39 is 0 Å². The number of carbonyl (C=O) groups is 1. The fourth-order valence-corrected chi connectivity index (χ4v) is 2.39. The zero-order chi connectivity index (χ0) is 17.6. The Balaban J connectivity index is 1.87. The minimum Gasteiger partial charge on any atom is -0.472 e. The molecule has 0 amide bonds. The van der Waals surface area contributed by atoms with E-state index >= 15 is 0 Å². The van der Waals surface area contributed by atoms with Crippen molar-refractivity contribution in [3.05, 3.63) is 65.9 Å².